The van der Waals surface area contributed by atoms with Crippen molar-refractivity contribution in [3.05, 3.63) is 124 Å². The molecular weight excluding hydrogens is 1070 g/mol. The van der Waals surface area contributed by atoms with Gasteiger partial charge in [-0.3, -0.25) is 24.1 Å². The first-order valence-electron chi connectivity index (χ1n) is 25.9. The third kappa shape index (κ3) is 16.5. The summed E-state index contributed by atoms with van der Waals surface area (Å²) in [6.45, 7) is 7.29. The Morgan fingerprint density at radius 3 is 1.68 bits per heavy atom. The van der Waals surface area contributed by atoms with Crippen LogP contribution in [-0.4, -0.2) is 152 Å². The molecule has 6 rings (SSSR count). The van der Waals surface area contributed by atoms with Gasteiger partial charge in [-0.25, -0.2) is 4.79 Å². The lowest BCUT2D eigenvalue weighted by molar-refractivity contribution is -0.294. The molecule has 0 radical (unpaired) electrons. The van der Waals surface area contributed by atoms with E-state index in [1.807, 2.05) is 67.6 Å². The molecule has 4 fully saturated rings. The normalized spacial score (nSPS) is 30.8. The lowest BCUT2D eigenvalue weighted by atomic mass is 9.83. The molecule has 81 heavy (non-hydrogen) atoms. The van der Waals surface area contributed by atoms with E-state index in [1.54, 1.807) is 11.8 Å². The Hall–Kier alpha value is -8.10. The number of azide groups is 5. The second kappa shape index (κ2) is 30.5. The Kier molecular flexibility index (Phi) is 23.4. The predicted molar refractivity (Wildman–Crippen MR) is 275 cm³/mol. The average molecular weight is 1130 g/mol. The van der Waals surface area contributed by atoms with Crippen LogP contribution in [0.25, 0.3) is 52.2 Å². The molecule has 0 spiro atoms. The highest BCUT2D eigenvalue weighted by Crippen LogP contribution is 2.41. The quantitative estimate of drug-likeness (QED) is 0.0313. The zero-order valence-electron chi connectivity index (χ0n) is 45.0. The molecule has 1 amide bonds. The van der Waals surface area contributed by atoms with Gasteiger partial charge in [0, 0.05) is 58.8 Å². The Morgan fingerprint density at radius 1 is 0.568 bits per heavy atom. The van der Waals surface area contributed by atoms with Gasteiger partial charge in [-0.05, 0) is 70.9 Å². The van der Waals surface area contributed by atoms with Crippen molar-refractivity contribution in [2.75, 3.05) is 6.54 Å². The molecule has 434 valence electrons. The summed E-state index contributed by atoms with van der Waals surface area (Å²) < 4.78 is 67.9. The molecule has 32 heteroatoms. The smallest absolute Gasteiger partial charge is 0.410 e. The van der Waals surface area contributed by atoms with Gasteiger partial charge in [0.2, 0.25) is 0 Å². The standard InChI is InChI=1S/C49H62N16O16/c1-7-34(65(23-29-15-11-9-12-16-29)49(70)71-24-30-17-13-10-14-18-30)36-20-19-31(56-61-51)46(77-36)79-40-33(58-63-53)21-32(57-62-52)39(72-25(3)66)44(40)81-48-45(75-28(6)69)41(35(8-2)76-48)80-47-38(59-64-54)43(74-27(5)68)42(73-26(4)67)37(78-47)22-55-60-50/h9-18,31-48H,7-8,19-24H2,1-6H3/t31-,32-,33+,34-,35-,36+,37+,38-,39+,40-,41-,42-,43-,44-,45-,46-,47-,48+/m1/s1. The third-order valence-corrected chi connectivity index (χ3v) is 13.6. The first-order valence-corrected chi connectivity index (χ1v) is 25.9. The zero-order valence-corrected chi connectivity index (χ0v) is 45.0. The van der Waals surface area contributed by atoms with Crippen LogP contribution < -0.4 is 0 Å². The fourth-order valence-electron chi connectivity index (χ4n) is 10.3. The Morgan fingerprint density at radius 2 is 1.10 bits per heavy atom. The van der Waals surface area contributed by atoms with Crippen molar-refractivity contribution in [1.82, 2.24) is 4.90 Å². The maximum Gasteiger partial charge on any atom is 0.410 e. The largest absolute Gasteiger partial charge is 0.459 e. The fraction of sp³-hybridized carbons (Fsp3) is 0.653. The molecule has 0 unspecified atom stereocenters. The van der Waals surface area contributed by atoms with Gasteiger partial charge < -0.3 is 52.1 Å². The van der Waals surface area contributed by atoms with Crippen molar-refractivity contribution >= 4 is 30.0 Å². The van der Waals surface area contributed by atoms with E-state index in [4.69, 9.17) is 52.1 Å². The molecule has 32 nitrogen and oxygen atoms in total. The monoisotopic (exact) mass is 1130 g/mol. The van der Waals surface area contributed by atoms with E-state index in [9.17, 15) is 51.6 Å². The number of rotatable bonds is 24. The van der Waals surface area contributed by atoms with Gasteiger partial charge in [0.05, 0.1) is 49.0 Å². The molecule has 0 bridgehead atoms. The van der Waals surface area contributed by atoms with Gasteiger partial charge in [0.15, 0.2) is 37.2 Å². The Labute approximate surface area is 462 Å². The van der Waals surface area contributed by atoms with Crippen molar-refractivity contribution in [2.45, 2.75) is 197 Å². The third-order valence-electron chi connectivity index (χ3n) is 13.6. The van der Waals surface area contributed by atoms with Crippen molar-refractivity contribution in [3.63, 3.8) is 0 Å². The number of hydrogen-bond donors (Lipinski definition) is 0. The molecule has 4 aliphatic rings. The average Bonchev–Trinajstić information content (AvgIpc) is 3.81. The molecule has 0 N–H and O–H groups in total. The number of benzene rings is 2. The van der Waals surface area contributed by atoms with Crippen molar-refractivity contribution in [3.8, 4) is 0 Å². The summed E-state index contributed by atoms with van der Waals surface area (Å²) in [7, 11) is 0. The highest BCUT2D eigenvalue weighted by Gasteiger charge is 2.58. The molecule has 3 aliphatic heterocycles. The van der Waals surface area contributed by atoms with Crippen LogP contribution in [0.1, 0.15) is 84.8 Å². The predicted octanol–water partition coefficient (Wildman–Crippen LogP) is 8.28. The topological polar surface area (TPSA) is 434 Å². The van der Waals surface area contributed by atoms with Crippen LogP contribution in [0.15, 0.2) is 86.2 Å². The van der Waals surface area contributed by atoms with Crippen LogP contribution in [0, 0.1) is 0 Å². The Balaban J connectivity index is 1.40. The van der Waals surface area contributed by atoms with Crippen LogP contribution >= 0.6 is 0 Å². The minimum absolute atomic E-state index is 0.0324. The molecule has 3 heterocycles. The number of esters is 4. The number of hydrogen-bond acceptors (Lipinski definition) is 21. The molecule has 2 aromatic rings. The summed E-state index contributed by atoms with van der Waals surface area (Å²) in [5.41, 5.74) is 50.3. The minimum Gasteiger partial charge on any atom is -0.459 e. The first kappa shape index (κ1) is 62.1. The molecule has 3 saturated heterocycles. The summed E-state index contributed by atoms with van der Waals surface area (Å²) in [5, 5.41) is 19.2. The summed E-state index contributed by atoms with van der Waals surface area (Å²) in [5.74, 6) is -3.57. The second-order valence-electron chi connectivity index (χ2n) is 19.0. The van der Waals surface area contributed by atoms with Crippen molar-refractivity contribution < 1.29 is 76.1 Å². The molecule has 18 atom stereocenters. The van der Waals surface area contributed by atoms with E-state index in [0.29, 0.717) is 6.42 Å². The lowest BCUT2D eigenvalue weighted by Gasteiger charge is -2.47. The van der Waals surface area contributed by atoms with E-state index in [0.717, 1.165) is 38.8 Å². The maximum atomic E-state index is 14.2. The van der Waals surface area contributed by atoms with E-state index in [-0.39, 0.29) is 38.8 Å². The summed E-state index contributed by atoms with van der Waals surface area (Å²) in [6, 6.07) is 12.2. The van der Waals surface area contributed by atoms with Gasteiger partial charge >= 0.3 is 30.0 Å². The van der Waals surface area contributed by atoms with Crippen LogP contribution in [0.2, 0.25) is 0 Å². The summed E-state index contributed by atoms with van der Waals surface area (Å²) in [6.07, 6.45) is -19.6. The number of carbonyl (C=O) groups excluding carboxylic acids is 5. The molecule has 0 aromatic heterocycles. The SMILES string of the molecule is CC[C@H]([C@@H]1CC[C@@H](N=[N+]=[N-])[C@@H](O[C@H]2[C@H](O[C@@H]3O[C@H](CC)[C@@H](O[C@H]4O[C@@H](CN=[N+]=[N-])[C@@H](OC(C)=O)[C@H](OC(C)=O)[C@H]4N=[N+]=[N-])[C@H]3OC(C)=O)[C@@H](OC(C)=O)[C@H](N=[N+]=[N-])C[C@@H]2N=[N+]=[N-])O1)N(Cc1ccccc1)C(=O)OCc1ccccc1. The molecule has 1 aliphatic carbocycles. The highest BCUT2D eigenvalue weighted by atomic mass is 16.8. The van der Waals surface area contributed by atoms with Gasteiger partial charge in [-0.2, -0.15) is 0 Å². The van der Waals surface area contributed by atoms with Gasteiger partial charge in [0.1, 0.15) is 37.1 Å². The lowest BCUT2D eigenvalue weighted by Crippen LogP contribution is -2.62. The van der Waals surface area contributed by atoms with Crippen LogP contribution in [-0.2, 0) is 84.4 Å². The molecular formula is C49H62N16O16. The fourth-order valence-corrected chi connectivity index (χ4v) is 10.3. The zero-order chi connectivity index (χ0) is 58.6. The van der Waals surface area contributed by atoms with Gasteiger partial charge in [-0.15, -0.1) is 0 Å². The van der Waals surface area contributed by atoms with Crippen LogP contribution in [0.5, 0.6) is 0 Å². The molecule has 2 aromatic carbocycles. The maximum absolute atomic E-state index is 14.2. The highest BCUT2D eigenvalue weighted by molar-refractivity contribution is 5.69. The van der Waals surface area contributed by atoms with Crippen LogP contribution in [0.3, 0.4) is 0 Å². The van der Waals surface area contributed by atoms with Crippen LogP contribution in [0.4, 0.5) is 4.79 Å². The van der Waals surface area contributed by atoms with E-state index in [1.165, 1.54) is 0 Å². The van der Waals surface area contributed by atoms with Crippen molar-refractivity contribution in [1.29, 1.82) is 0 Å². The van der Waals surface area contributed by atoms with Gasteiger partial charge in [0.25, 0.3) is 0 Å². The van der Waals surface area contributed by atoms with E-state index < -0.39 is 147 Å². The number of ether oxygens (including phenoxy) is 11. The number of amides is 1. The van der Waals surface area contributed by atoms with E-state index >= 15 is 0 Å². The minimum atomic E-state index is -1.76. The second-order valence-corrected chi connectivity index (χ2v) is 19.0. The van der Waals surface area contributed by atoms with Gasteiger partial charge in [-0.1, -0.05) is 100 Å². The summed E-state index contributed by atoms with van der Waals surface area (Å²) >= 11 is 0. The first-order chi connectivity index (χ1) is 39.1. The van der Waals surface area contributed by atoms with E-state index in [2.05, 4.69) is 50.1 Å². The number of carbonyl (C=O) groups is 5. The van der Waals surface area contributed by atoms with Crippen molar-refractivity contribution in [2.24, 2.45) is 25.6 Å². The summed E-state index contributed by atoms with van der Waals surface area (Å²) in [4.78, 5) is 81.5. The molecule has 1 saturated carbocycles. The Bertz CT molecular complexity index is 2740. The number of nitrogens with zero attached hydrogens (tertiary/aromatic N) is 16.